The second-order valence-electron chi connectivity index (χ2n) is 9.93. The minimum absolute atomic E-state index is 0.0132. The van der Waals surface area contributed by atoms with E-state index in [0.717, 1.165) is 50.5 Å². The van der Waals surface area contributed by atoms with Gasteiger partial charge in [-0.2, -0.15) is 0 Å². The molecule has 0 spiro atoms. The zero-order valence-corrected chi connectivity index (χ0v) is 21.6. The van der Waals surface area contributed by atoms with Gasteiger partial charge in [0, 0.05) is 16.4 Å². The molecule has 1 aliphatic carbocycles. The van der Waals surface area contributed by atoms with E-state index in [9.17, 15) is 0 Å². The Bertz CT molecular complexity index is 1550. The number of ether oxygens (including phenoxy) is 4. The number of benzene rings is 4. The summed E-state index contributed by atoms with van der Waals surface area (Å²) < 4.78 is 23.2. The number of aliphatic hydroxyl groups excluding tert-OH is 1. The monoisotopic (exact) mass is 494 g/mol. The maximum Gasteiger partial charge on any atom is 0.135 e. The van der Waals surface area contributed by atoms with Crippen LogP contribution < -0.4 is 18.9 Å². The van der Waals surface area contributed by atoms with Gasteiger partial charge < -0.3 is 24.1 Å². The quantitative estimate of drug-likeness (QED) is 0.338. The number of hydrogen-bond acceptors (Lipinski definition) is 5. The van der Waals surface area contributed by atoms with Gasteiger partial charge >= 0.3 is 0 Å². The van der Waals surface area contributed by atoms with Crippen molar-refractivity contribution < 1.29 is 24.1 Å². The first-order valence-electron chi connectivity index (χ1n) is 12.5. The molecule has 0 atom stereocenters. The average Bonchev–Trinajstić information content (AvgIpc) is 3.18. The maximum atomic E-state index is 9.10. The van der Waals surface area contributed by atoms with E-state index in [0.29, 0.717) is 6.61 Å². The Labute approximate surface area is 216 Å². The summed E-state index contributed by atoms with van der Waals surface area (Å²) in [5.74, 6) is 3.27. The van der Waals surface area contributed by atoms with Crippen molar-refractivity contribution >= 4 is 16.3 Å². The van der Waals surface area contributed by atoms with Crippen LogP contribution in [-0.4, -0.2) is 39.1 Å². The summed E-state index contributed by atoms with van der Waals surface area (Å²) in [5, 5.41) is 11.3. The van der Waals surface area contributed by atoms with Crippen molar-refractivity contribution in [2.24, 2.45) is 0 Å². The fraction of sp³-hybridized carbons (Fsp3) is 0.250. The van der Waals surface area contributed by atoms with Crippen LogP contribution in [-0.2, 0) is 5.41 Å². The van der Waals surface area contributed by atoms with Crippen molar-refractivity contribution in [3.05, 3.63) is 89.0 Å². The molecule has 1 heterocycles. The molecule has 5 nitrogen and oxygen atoms in total. The van der Waals surface area contributed by atoms with E-state index in [-0.39, 0.29) is 18.6 Å². The molecular weight excluding hydrogens is 464 g/mol. The second kappa shape index (κ2) is 8.86. The van der Waals surface area contributed by atoms with Crippen LogP contribution in [0.1, 0.15) is 36.1 Å². The molecule has 5 heteroatoms. The van der Waals surface area contributed by atoms with E-state index in [4.69, 9.17) is 24.1 Å². The van der Waals surface area contributed by atoms with Crippen LogP contribution in [0.2, 0.25) is 0 Å². The van der Waals surface area contributed by atoms with E-state index < -0.39 is 0 Å². The number of methoxy groups -OCH3 is 2. The number of hydrogen-bond donors (Lipinski definition) is 1. The summed E-state index contributed by atoms with van der Waals surface area (Å²) in [6.45, 7) is 5.31. The summed E-state index contributed by atoms with van der Waals surface area (Å²) in [6.07, 6.45) is 2.16. The van der Waals surface area contributed by atoms with Crippen molar-refractivity contribution in [3.63, 3.8) is 0 Å². The Morgan fingerprint density at radius 2 is 1.54 bits per heavy atom. The highest BCUT2D eigenvalue weighted by atomic mass is 16.5. The topological polar surface area (TPSA) is 57.2 Å². The Morgan fingerprint density at radius 3 is 2.27 bits per heavy atom. The lowest BCUT2D eigenvalue weighted by atomic mass is 9.76. The van der Waals surface area contributed by atoms with Crippen molar-refractivity contribution in [3.8, 4) is 34.1 Å². The van der Waals surface area contributed by atoms with Crippen LogP contribution in [0.5, 0.6) is 23.0 Å². The standard InChI is InChI=1S/C32H30O5/c1-32(2)27-18-22(35-4)10-12-25(27)28-24-11-9-21(34-3)17-26(24)31-29(30(28)32)23(13-15-37-31)19-5-7-20(8-6-19)36-16-14-33/h5-13,17-18,33H,14-16H2,1-4H3. The number of rotatable bonds is 6. The summed E-state index contributed by atoms with van der Waals surface area (Å²) >= 11 is 0. The van der Waals surface area contributed by atoms with Crippen LogP contribution in [0.4, 0.5) is 0 Å². The molecule has 188 valence electrons. The lowest BCUT2D eigenvalue weighted by Gasteiger charge is -2.30. The first kappa shape index (κ1) is 23.4. The maximum absolute atomic E-state index is 9.10. The van der Waals surface area contributed by atoms with E-state index in [2.05, 4.69) is 56.3 Å². The van der Waals surface area contributed by atoms with Crippen LogP contribution in [0, 0.1) is 0 Å². The normalized spacial score (nSPS) is 14.8. The molecular formula is C32H30O5. The predicted octanol–water partition coefficient (Wildman–Crippen LogP) is 6.36. The highest BCUT2D eigenvalue weighted by molar-refractivity contribution is 6.10. The Morgan fingerprint density at radius 1 is 0.838 bits per heavy atom. The third kappa shape index (κ3) is 3.57. The van der Waals surface area contributed by atoms with Crippen molar-refractivity contribution in [1.29, 1.82) is 0 Å². The summed E-state index contributed by atoms with van der Waals surface area (Å²) in [4.78, 5) is 0. The number of aliphatic hydroxyl groups is 1. The van der Waals surface area contributed by atoms with Crippen LogP contribution >= 0.6 is 0 Å². The molecule has 0 unspecified atom stereocenters. The molecule has 0 radical (unpaired) electrons. The lowest BCUT2D eigenvalue weighted by molar-refractivity contribution is 0.201. The highest BCUT2D eigenvalue weighted by Gasteiger charge is 2.42. The third-order valence-electron chi connectivity index (χ3n) is 7.57. The first-order chi connectivity index (χ1) is 18.0. The van der Waals surface area contributed by atoms with E-state index in [1.807, 2.05) is 24.3 Å². The van der Waals surface area contributed by atoms with E-state index >= 15 is 0 Å². The van der Waals surface area contributed by atoms with Crippen LogP contribution in [0.15, 0.2) is 66.7 Å². The SMILES string of the molecule is COc1ccc2c(c1)C(C)(C)c1c3c(c4cc(OC)ccc4c1-2)OCC=C3c1ccc(OCCO)cc1. The van der Waals surface area contributed by atoms with E-state index in [1.165, 1.54) is 22.3 Å². The molecule has 0 saturated carbocycles. The first-order valence-corrected chi connectivity index (χ1v) is 12.5. The molecule has 4 aromatic carbocycles. The second-order valence-corrected chi connectivity index (χ2v) is 9.93. The third-order valence-corrected chi connectivity index (χ3v) is 7.57. The molecule has 0 aromatic heterocycles. The van der Waals surface area contributed by atoms with Crippen LogP contribution in [0.25, 0.3) is 27.5 Å². The van der Waals surface area contributed by atoms with Gasteiger partial charge in [-0.05, 0) is 87.3 Å². The Balaban J connectivity index is 1.65. The molecule has 37 heavy (non-hydrogen) atoms. The summed E-state index contributed by atoms with van der Waals surface area (Å²) in [5.41, 5.74) is 8.03. The van der Waals surface area contributed by atoms with Gasteiger partial charge in [-0.15, -0.1) is 0 Å². The minimum Gasteiger partial charge on any atom is -0.497 e. The fourth-order valence-corrected chi connectivity index (χ4v) is 5.86. The van der Waals surface area contributed by atoms with Crippen molar-refractivity contribution in [2.45, 2.75) is 19.3 Å². The molecule has 0 bridgehead atoms. The molecule has 6 rings (SSSR count). The van der Waals surface area contributed by atoms with E-state index in [1.54, 1.807) is 14.2 Å². The fourth-order valence-electron chi connectivity index (χ4n) is 5.86. The molecule has 4 aromatic rings. The predicted molar refractivity (Wildman–Crippen MR) is 146 cm³/mol. The summed E-state index contributed by atoms with van der Waals surface area (Å²) in [6, 6.07) is 20.7. The molecule has 1 aliphatic heterocycles. The summed E-state index contributed by atoms with van der Waals surface area (Å²) in [7, 11) is 3.40. The zero-order chi connectivity index (χ0) is 25.7. The van der Waals surface area contributed by atoms with Gasteiger partial charge in [0.2, 0.25) is 0 Å². The Hall–Kier alpha value is -3.96. The van der Waals surface area contributed by atoms with Gasteiger partial charge in [0.15, 0.2) is 0 Å². The van der Waals surface area contributed by atoms with Gasteiger partial charge in [0.05, 0.1) is 20.8 Å². The molecule has 1 N–H and O–H groups in total. The van der Waals surface area contributed by atoms with Gasteiger partial charge in [-0.3, -0.25) is 0 Å². The average molecular weight is 495 g/mol. The van der Waals surface area contributed by atoms with Gasteiger partial charge in [0.25, 0.3) is 0 Å². The molecule has 0 fully saturated rings. The smallest absolute Gasteiger partial charge is 0.135 e. The Kier molecular flexibility index (Phi) is 5.61. The minimum atomic E-state index is -0.276. The zero-order valence-electron chi connectivity index (χ0n) is 21.6. The van der Waals surface area contributed by atoms with Gasteiger partial charge in [-0.1, -0.05) is 32.0 Å². The van der Waals surface area contributed by atoms with Crippen molar-refractivity contribution in [2.75, 3.05) is 34.0 Å². The molecule has 2 aliphatic rings. The van der Waals surface area contributed by atoms with Gasteiger partial charge in [-0.25, -0.2) is 0 Å². The van der Waals surface area contributed by atoms with Crippen LogP contribution in [0.3, 0.4) is 0 Å². The van der Waals surface area contributed by atoms with Crippen molar-refractivity contribution in [1.82, 2.24) is 0 Å². The van der Waals surface area contributed by atoms with Gasteiger partial charge in [0.1, 0.15) is 36.2 Å². The molecule has 0 saturated heterocycles. The molecule has 0 amide bonds. The lowest BCUT2D eigenvalue weighted by Crippen LogP contribution is -2.20. The highest BCUT2D eigenvalue weighted by Crippen LogP contribution is 2.58. The largest absolute Gasteiger partial charge is 0.497 e. The number of fused-ring (bicyclic) bond motifs is 8.